The molecule has 8 heteroatoms. The maximum absolute atomic E-state index is 13.0. The van der Waals surface area contributed by atoms with Crippen molar-refractivity contribution in [2.75, 3.05) is 13.1 Å². The fraction of sp³-hybridized carbons (Fsp3) is 0.647. The third kappa shape index (κ3) is 5.00. The average molecular weight is 379 g/mol. The van der Waals surface area contributed by atoms with E-state index in [1.54, 1.807) is 25.7 Å². The summed E-state index contributed by atoms with van der Waals surface area (Å²) < 4.78 is 44.4. The lowest BCUT2D eigenvalue weighted by molar-refractivity contribution is -0.137. The number of carbonyl (C=O) groups excluding carboxylic acids is 1. The van der Waals surface area contributed by atoms with E-state index in [2.05, 4.69) is 4.98 Å². The van der Waals surface area contributed by atoms with Gasteiger partial charge in [0.2, 0.25) is 0 Å². The van der Waals surface area contributed by atoms with E-state index in [0.29, 0.717) is 31.6 Å². The molecular formula is C17H22ClF3N2O2. The molecule has 25 heavy (non-hydrogen) atoms. The summed E-state index contributed by atoms with van der Waals surface area (Å²) in [6.07, 6.45) is -3.92. The molecule has 0 spiro atoms. The lowest BCUT2D eigenvalue weighted by Crippen LogP contribution is -2.46. The van der Waals surface area contributed by atoms with Crippen molar-refractivity contribution in [1.82, 2.24) is 9.88 Å². The van der Waals surface area contributed by atoms with Gasteiger partial charge in [0.15, 0.2) is 0 Å². The highest BCUT2D eigenvalue weighted by atomic mass is 35.5. The number of amides is 1. The average Bonchev–Trinajstić information content (AvgIpc) is 2.44. The summed E-state index contributed by atoms with van der Waals surface area (Å²) in [5.41, 5.74) is -1.67. The van der Waals surface area contributed by atoms with E-state index in [9.17, 15) is 18.0 Å². The SMILES string of the molecule is CC(C)(C)OC(=O)N1CCC(C)(c2cc(C(F)(F)F)cc(Cl)n2)CC1. The molecule has 2 heterocycles. The summed E-state index contributed by atoms with van der Waals surface area (Å²) in [7, 11) is 0. The number of carbonyl (C=O) groups is 1. The van der Waals surface area contributed by atoms with Gasteiger partial charge in [0.05, 0.1) is 5.56 Å². The van der Waals surface area contributed by atoms with Crippen LogP contribution in [-0.4, -0.2) is 34.7 Å². The predicted molar refractivity (Wildman–Crippen MR) is 88.6 cm³/mol. The molecule has 0 saturated carbocycles. The molecule has 0 N–H and O–H groups in total. The Balaban J connectivity index is 2.15. The molecule has 1 aromatic rings. The molecule has 1 aliphatic heterocycles. The van der Waals surface area contributed by atoms with Gasteiger partial charge in [-0.2, -0.15) is 13.2 Å². The first-order chi connectivity index (χ1) is 11.3. The first-order valence-corrected chi connectivity index (χ1v) is 8.41. The molecular weight excluding hydrogens is 357 g/mol. The van der Waals surface area contributed by atoms with Crippen molar-refractivity contribution in [2.45, 2.75) is 57.7 Å². The zero-order valence-corrected chi connectivity index (χ0v) is 15.5. The first kappa shape index (κ1) is 19.8. The number of ether oxygens (including phenoxy) is 1. The van der Waals surface area contributed by atoms with Gasteiger partial charge in [-0.3, -0.25) is 0 Å². The molecule has 1 aromatic heterocycles. The number of aromatic nitrogens is 1. The molecule has 2 rings (SSSR count). The summed E-state index contributed by atoms with van der Waals surface area (Å²) >= 11 is 5.79. The van der Waals surface area contributed by atoms with E-state index < -0.39 is 28.8 Å². The lowest BCUT2D eigenvalue weighted by Gasteiger charge is -2.39. The number of hydrogen-bond donors (Lipinski definition) is 0. The number of halogens is 4. The van der Waals surface area contributed by atoms with E-state index in [1.165, 1.54) is 0 Å². The smallest absolute Gasteiger partial charge is 0.416 e. The van der Waals surface area contributed by atoms with Crippen LogP contribution in [0.15, 0.2) is 12.1 Å². The second kappa shape index (κ2) is 6.67. The van der Waals surface area contributed by atoms with Gasteiger partial charge in [0.1, 0.15) is 10.8 Å². The van der Waals surface area contributed by atoms with Crippen molar-refractivity contribution in [3.8, 4) is 0 Å². The van der Waals surface area contributed by atoms with Crippen molar-refractivity contribution < 1.29 is 22.7 Å². The topological polar surface area (TPSA) is 42.4 Å². The molecule has 0 radical (unpaired) electrons. The molecule has 1 fully saturated rings. The molecule has 140 valence electrons. The number of likely N-dealkylation sites (tertiary alicyclic amines) is 1. The number of alkyl halides is 3. The Labute approximate surface area is 150 Å². The normalized spacial score (nSPS) is 18.2. The van der Waals surface area contributed by atoms with Crippen molar-refractivity contribution in [2.24, 2.45) is 0 Å². The number of rotatable bonds is 1. The molecule has 0 unspecified atom stereocenters. The maximum Gasteiger partial charge on any atom is 0.416 e. The van der Waals surface area contributed by atoms with E-state index in [-0.39, 0.29) is 5.15 Å². The second-order valence-electron chi connectivity index (χ2n) is 7.59. The molecule has 0 bridgehead atoms. The minimum Gasteiger partial charge on any atom is -0.444 e. The molecule has 1 saturated heterocycles. The van der Waals surface area contributed by atoms with Gasteiger partial charge in [-0.1, -0.05) is 18.5 Å². The predicted octanol–water partition coefficient (Wildman–Crippen LogP) is 5.04. The molecule has 0 aromatic carbocycles. The second-order valence-corrected chi connectivity index (χ2v) is 7.98. The van der Waals surface area contributed by atoms with Crippen molar-refractivity contribution in [3.05, 3.63) is 28.5 Å². The molecule has 1 aliphatic rings. The van der Waals surface area contributed by atoms with Gasteiger partial charge in [-0.15, -0.1) is 0 Å². The largest absolute Gasteiger partial charge is 0.444 e. The zero-order valence-electron chi connectivity index (χ0n) is 14.7. The number of pyridine rings is 1. The quantitative estimate of drug-likeness (QED) is 0.643. The zero-order chi connectivity index (χ0) is 19.0. The highest BCUT2D eigenvalue weighted by molar-refractivity contribution is 6.29. The monoisotopic (exact) mass is 378 g/mol. The highest BCUT2D eigenvalue weighted by Gasteiger charge is 2.38. The summed E-state index contributed by atoms with van der Waals surface area (Å²) in [6.45, 7) is 7.98. The van der Waals surface area contributed by atoms with Crippen molar-refractivity contribution >= 4 is 17.7 Å². The van der Waals surface area contributed by atoms with Crippen LogP contribution in [0.5, 0.6) is 0 Å². The van der Waals surface area contributed by atoms with Crippen molar-refractivity contribution in [1.29, 1.82) is 0 Å². The van der Waals surface area contributed by atoms with Crippen molar-refractivity contribution in [3.63, 3.8) is 0 Å². The molecule has 1 amide bonds. The number of piperidine rings is 1. The van der Waals surface area contributed by atoms with Crippen LogP contribution >= 0.6 is 11.6 Å². The van der Waals surface area contributed by atoms with Gasteiger partial charge < -0.3 is 9.64 Å². The number of nitrogens with zero attached hydrogens (tertiary/aromatic N) is 2. The van der Waals surface area contributed by atoms with Gasteiger partial charge in [-0.05, 0) is 45.7 Å². The maximum atomic E-state index is 13.0. The molecule has 0 atom stereocenters. The van der Waals surface area contributed by atoms with E-state index in [4.69, 9.17) is 16.3 Å². The Bertz CT molecular complexity index is 648. The Hall–Kier alpha value is -1.50. The van der Waals surface area contributed by atoms with Crippen LogP contribution in [0.1, 0.15) is 51.8 Å². The van der Waals surface area contributed by atoms with Gasteiger partial charge in [0.25, 0.3) is 0 Å². The fourth-order valence-corrected chi connectivity index (χ4v) is 2.94. The Kier molecular flexibility index (Phi) is 5.28. The Morgan fingerprint density at radius 2 is 1.80 bits per heavy atom. The van der Waals surface area contributed by atoms with Crippen LogP contribution in [-0.2, 0) is 16.3 Å². The van der Waals surface area contributed by atoms with Crippen LogP contribution in [0.3, 0.4) is 0 Å². The third-order valence-corrected chi connectivity index (χ3v) is 4.45. The lowest BCUT2D eigenvalue weighted by atomic mass is 9.77. The molecule has 0 aliphatic carbocycles. The first-order valence-electron chi connectivity index (χ1n) is 8.03. The van der Waals surface area contributed by atoms with E-state index >= 15 is 0 Å². The summed E-state index contributed by atoms with van der Waals surface area (Å²) in [5.74, 6) is 0. The summed E-state index contributed by atoms with van der Waals surface area (Å²) in [4.78, 5) is 17.8. The fourth-order valence-electron chi connectivity index (χ4n) is 2.74. The van der Waals surface area contributed by atoms with E-state index in [1.807, 2.05) is 6.92 Å². The third-order valence-electron chi connectivity index (χ3n) is 4.26. The number of hydrogen-bond acceptors (Lipinski definition) is 3. The highest BCUT2D eigenvalue weighted by Crippen LogP contribution is 2.38. The van der Waals surface area contributed by atoms with Gasteiger partial charge >= 0.3 is 12.3 Å². The Morgan fingerprint density at radius 1 is 1.24 bits per heavy atom. The minimum atomic E-state index is -4.48. The minimum absolute atomic E-state index is 0.180. The van der Waals surface area contributed by atoms with Crippen LogP contribution < -0.4 is 0 Å². The van der Waals surface area contributed by atoms with E-state index in [0.717, 1.165) is 12.1 Å². The standard InChI is InChI=1S/C17H22ClF3N2O2/c1-15(2,3)25-14(24)23-7-5-16(4,6-8-23)12-9-11(17(19,20)21)10-13(18)22-12/h9-10H,5-8H2,1-4H3. The van der Waals surface area contributed by atoms with Crippen LogP contribution in [0, 0.1) is 0 Å². The Morgan fingerprint density at radius 3 is 2.28 bits per heavy atom. The summed E-state index contributed by atoms with van der Waals surface area (Å²) in [6, 6.07) is 1.87. The van der Waals surface area contributed by atoms with Crippen LogP contribution in [0.25, 0.3) is 0 Å². The van der Waals surface area contributed by atoms with Gasteiger partial charge in [0, 0.05) is 24.2 Å². The van der Waals surface area contributed by atoms with Gasteiger partial charge in [-0.25, -0.2) is 9.78 Å². The summed E-state index contributed by atoms with van der Waals surface area (Å²) in [5, 5.41) is -0.180. The van der Waals surface area contributed by atoms with Crippen LogP contribution in [0.4, 0.5) is 18.0 Å². The van der Waals surface area contributed by atoms with Crippen LogP contribution in [0.2, 0.25) is 5.15 Å². The molecule has 4 nitrogen and oxygen atoms in total.